The third kappa shape index (κ3) is 8.39. The van der Waals surface area contributed by atoms with Gasteiger partial charge in [-0.15, -0.1) is 0 Å². The van der Waals surface area contributed by atoms with Gasteiger partial charge in [0.1, 0.15) is 6.67 Å². The fourth-order valence-corrected chi connectivity index (χ4v) is 4.56. The zero-order valence-electron chi connectivity index (χ0n) is 22.0. The van der Waals surface area contributed by atoms with Crippen LogP contribution in [0, 0.1) is 6.92 Å². The lowest BCUT2D eigenvalue weighted by molar-refractivity contribution is 0.102. The van der Waals surface area contributed by atoms with Gasteiger partial charge in [0, 0.05) is 80.4 Å². The van der Waals surface area contributed by atoms with E-state index >= 15 is 0 Å². The molecule has 0 bridgehead atoms. The van der Waals surface area contributed by atoms with Crippen molar-refractivity contribution in [3.8, 4) is 11.3 Å². The maximum absolute atomic E-state index is 13.0. The quantitative estimate of drug-likeness (QED) is 0.253. The molecule has 1 fully saturated rings. The van der Waals surface area contributed by atoms with Crippen molar-refractivity contribution >= 4 is 23.2 Å². The number of hydrogen-bond acceptors (Lipinski definition) is 7. The Labute approximate surface area is 242 Å². The number of carbonyl (C=O) groups is 1. The highest BCUT2D eigenvalue weighted by Crippen LogP contribution is 2.25. The minimum Gasteiger partial charge on any atom is -0.324 e. The standard InChI is InChI=1S/C30H32FN7O.2CH4/c1-22-4-9-26(19-28(22)36-30-33-13-10-27(35-30)25-3-2-12-32-20-25)34-29(39)24-7-5-23(6-8-24)21-38-17-15-37(14-11-31)16-18-38;;/h2-10,12-13,19-20H,11,14-18,21H2,1H3,(H,34,39)(H,33,35,36);2*1H4. The number of anilines is 3. The molecule has 41 heavy (non-hydrogen) atoms. The van der Waals surface area contributed by atoms with Gasteiger partial charge in [-0.05, 0) is 60.5 Å². The summed E-state index contributed by atoms with van der Waals surface area (Å²) in [6.07, 6.45) is 5.19. The fourth-order valence-electron chi connectivity index (χ4n) is 4.56. The Morgan fingerprint density at radius 1 is 0.951 bits per heavy atom. The van der Waals surface area contributed by atoms with Crippen molar-refractivity contribution in [3.63, 3.8) is 0 Å². The van der Waals surface area contributed by atoms with Crippen LogP contribution >= 0.6 is 0 Å². The van der Waals surface area contributed by atoms with E-state index in [-0.39, 0.29) is 27.4 Å². The molecule has 0 unspecified atom stereocenters. The van der Waals surface area contributed by atoms with Crippen LogP contribution < -0.4 is 10.6 Å². The molecule has 0 radical (unpaired) electrons. The number of rotatable bonds is 9. The van der Waals surface area contributed by atoms with Crippen LogP contribution in [-0.4, -0.2) is 70.1 Å². The summed E-state index contributed by atoms with van der Waals surface area (Å²) in [5, 5.41) is 6.26. The van der Waals surface area contributed by atoms with Gasteiger partial charge in [-0.1, -0.05) is 33.1 Å². The molecule has 1 saturated heterocycles. The lowest BCUT2D eigenvalue weighted by Gasteiger charge is -2.34. The van der Waals surface area contributed by atoms with E-state index in [2.05, 4.69) is 35.4 Å². The van der Waals surface area contributed by atoms with Crippen LogP contribution in [0.25, 0.3) is 11.3 Å². The number of nitrogens with zero attached hydrogens (tertiary/aromatic N) is 5. The van der Waals surface area contributed by atoms with Gasteiger partial charge in [-0.2, -0.15) is 0 Å². The van der Waals surface area contributed by atoms with Crippen molar-refractivity contribution in [2.24, 2.45) is 0 Å². The summed E-state index contributed by atoms with van der Waals surface area (Å²) in [6, 6.07) is 19.1. The largest absolute Gasteiger partial charge is 0.324 e. The molecule has 3 heterocycles. The van der Waals surface area contributed by atoms with Crippen molar-refractivity contribution in [2.45, 2.75) is 28.3 Å². The minimum atomic E-state index is -0.293. The SMILES string of the molecule is C.C.Cc1ccc(NC(=O)c2ccc(CN3CCN(CCF)CC3)cc2)cc1Nc1nccc(-c2cccnc2)n1. The summed E-state index contributed by atoms with van der Waals surface area (Å²) in [5.74, 6) is 0.286. The van der Waals surface area contributed by atoms with Gasteiger partial charge in [0.15, 0.2) is 0 Å². The van der Waals surface area contributed by atoms with E-state index in [0.29, 0.717) is 23.7 Å². The van der Waals surface area contributed by atoms with E-state index in [1.54, 1.807) is 18.6 Å². The number of piperazine rings is 1. The molecule has 5 rings (SSSR count). The number of nitrogens with one attached hydrogen (secondary N) is 2. The Hall–Kier alpha value is -4.21. The molecule has 9 heteroatoms. The number of amides is 1. The zero-order chi connectivity index (χ0) is 27.0. The van der Waals surface area contributed by atoms with Crippen LogP contribution in [0.5, 0.6) is 0 Å². The van der Waals surface area contributed by atoms with Crippen molar-refractivity contribution in [3.05, 3.63) is 95.9 Å². The highest BCUT2D eigenvalue weighted by atomic mass is 19.1. The molecule has 8 nitrogen and oxygen atoms in total. The molecule has 2 N–H and O–H groups in total. The fraction of sp³-hybridized carbons (Fsp3) is 0.312. The van der Waals surface area contributed by atoms with Gasteiger partial charge >= 0.3 is 0 Å². The maximum atomic E-state index is 13.0. The Kier molecular flexibility index (Phi) is 11.4. The Bertz CT molecular complexity index is 1390. The second kappa shape index (κ2) is 15.0. The molecule has 216 valence electrons. The second-order valence-electron chi connectivity index (χ2n) is 9.62. The summed E-state index contributed by atoms with van der Waals surface area (Å²) >= 11 is 0. The predicted molar refractivity (Wildman–Crippen MR) is 165 cm³/mol. The summed E-state index contributed by atoms with van der Waals surface area (Å²) in [5.41, 5.74) is 5.89. The second-order valence-corrected chi connectivity index (χ2v) is 9.62. The molecule has 2 aromatic carbocycles. The molecule has 2 aromatic heterocycles. The van der Waals surface area contributed by atoms with Gasteiger partial charge in [0.05, 0.1) is 5.69 Å². The van der Waals surface area contributed by atoms with Gasteiger partial charge in [-0.25, -0.2) is 14.4 Å². The minimum absolute atomic E-state index is 0. The molecular weight excluding hydrogens is 517 g/mol. The average Bonchev–Trinajstić information content (AvgIpc) is 2.97. The number of benzene rings is 2. The average molecular weight is 558 g/mol. The third-order valence-electron chi connectivity index (χ3n) is 6.84. The highest BCUT2D eigenvalue weighted by Gasteiger charge is 2.17. The van der Waals surface area contributed by atoms with Crippen molar-refractivity contribution in [1.29, 1.82) is 0 Å². The summed E-state index contributed by atoms with van der Waals surface area (Å²) in [4.78, 5) is 30.6. The Balaban J connectivity index is 0.00000231. The van der Waals surface area contributed by atoms with E-state index in [0.717, 1.165) is 60.8 Å². The smallest absolute Gasteiger partial charge is 0.255 e. The lowest BCUT2D eigenvalue weighted by Crippen LogP contribution is -2.46. The number of carbonyl (C=O) groups excluding carboxylic acids is 1. The normalized spacial score (nSPS) is 13.5. The molecule has 0 saturated carbocycles. The molecule has 1 aliphatic heterocycles. The monoisotopic (exact) mass is 557 g/mol. The van der Waals surface area contributed by atoms with E-state index in [1.807, 2.05) is 67.6 Å². The predicted octanol–water partition coefficient (Wildman–Crippen LogP) is 6.20. The van der Waals surface area contributed by atoms with Crippen LogP contribution in [-0.2, 0) is 6.54 Å². The van der Waals surface area contributed by atoms with Gasteiger partial charge in [0.2, 0.25) is 5.95 Å². The Morgan fingerprint density at radius 3 is 2.41 bits per heavy atom. The number of aryl methyl sites for hydroxylation is 1. The number of pyridine rings is 1. The first kappa shape index (κ1) is 31.3. The van der Waals surface area contributed by atoms with E-state index in [4.69, 9.17) is 0 Å². The van der Waals surface area contributed by atoms with Gasteiger partial charge in [0.25, 0.3) is 5.91 Å². The van der Waals surface area contributed by atoms with Crippen LogP contribution in [0.3, 0.4) is 0 Å². The van der Waals surface area contributed by atoms with Gasteiger partial charge < -0.3 is 10.6 Å². The van der Waals surface area contributed by atoms with Crippen molar-refractivity contribution in [2.75, 3.05) is 50.0 Å². The number of alkyl halides is 1. The molecule has 0 spiro atoms. The molecule has 0 atom stereocenters. The topological polar surface area (TPSA) is 86.3 Å². The first-order valence-corrected chi connectivity index (χ1v) is 13.1. The van der Waals surface area contributed by atoms with E-state index < -0.39 is 0 Å². The molecule has 0 aliphatic carbocycles. The number of hydrogen-bond donors (Lipinski definition) is 2. The van der Waals surface area contributed by atoms with E-state index in [1.165, 1.54) is 0 Å². The lowest BCUT2D eigenvalue weighted by atomic mass is 10.1. The summed E-state index contributed by atoms with van der Waals surface area (Å²) < 4.78 is 12.6. The maximum Gasteiger partial charge on any atom is 0.255 e. The van der Waals surface area contributed by atoms with Crippen molar-refractivity contribution < 1.29 is 9.18 Å². The molecule has 1 amide bonds. The Morgan fingerprint density at radius 2 is 1.71 bits per heavy atom. The zero-order valence-corrected chi connectivity index (χ0v) is 22.0. The third-order valence-corrected chi connectivity index (χ3v) is 6.84. The van der Waals surface area contributed by atoms with Crippen LogP contribution in [0.15, 0.2) is 79.3 Å². The van der Waals surface area contributed by atoms with Crippen LogP contribution in [0.4, 0.5) is 21.7 Å². The van der Waals surface area contributed by atoms with Gasteiger partial charge in [-0.3, -0.25) is 19.6 Å². The highest BCUT2D eigenvalue weighted by molar-refractivity contribution is 6.04. The molecule has 1 aliphatic rings. The van der Waals surface area contributed by atoms with Crippen LogP contribution in [0.2, 0.25) is 0 Å². The number of aromatic nitrogens is 3. The first-order chi connectivity index (χ1) is 19.1. The molecule has 4 aromatic rings. The van der Waals surface area contributed by atoms with Crippen molar-refractivity contribution in [1.82, 2.24) is 24.8 Å². The summed E-state index contributed by atoms with van der Waals surface area (Å²) in [6.45, 7) is 6.65. The number of halogens is 1. The first-order valence-electron chi connectivity index (χ1n) is 13.1. The molecular formula is C32H40FN7O. The van der Waals surface area contributed by atoms with E-state index in [9.17, 15) is 9.18 Å². The van der Waals surface area contributed by atoms with Crippen LogP contribution in [0.1, 0.15) is 36.3 Å². The summed E-state index contributed by atoms with van der Waals surface area (Å²) in [7, 11) is 0.